The Morgan fingerprint density at radius 3 is 2.76 bits per heavy atom. The zero-order valence-electron chi connectivity index (χ0n) is 16.5. The van der Waals surface area contributed by atoms with Gasteiger partial charge in [0.15, 0.2) is 0 Å². The molecule has 29 heavy (non-hydrogen) atoms. The number of carbonyl (C=O) groups is 1. The second-order valence-corrected chi connectivity index (χ2v) is 7.02. The molecule has 3 aromatic rings. The van der Waals surface area contributed by atoms with Gasteiger partial charge in [-0.15, -0.1) is 0 Å². The molecule has 6 nitrogen and oxygen atoms in total. The average Bonchev–Trinajstić information content (AvgIpc) is 2.79. The van der Waals surface area contributed by atoms with Crippen molar-refractivity contribution in [3.05, 3.63) is 83.3 Å². The van der Waals surface area contributed by atoms with Crippen LogP contribution in [0.3, 0.4) is 0 Å². The molecule has 0 bridgehead atoms. The molecule has 0 radical (unpaired) electrons. The van der Waals surface area contributed by atoms with Gasteiger partial charge < -0.3 is 15.0 Å². The lowest BCUT2D eigenvalue weighted by molar-refractivity contribution is 0.0949. The van der Waals surface area contributed by atoms with E-state index >= 15 is 0 Å². The number of hydrogen-bond donors (Lipinski definition) is 1. The SMILES string of the molecule is COc1ccccc1CCNC(=O)c1cc(N2CCc3ccccc3C2)ncn1. The molecule has 0 atom stereocenters. The molecule has 1 amide bonds. The van der Waals surface area contributed by atoms with Crippen molar-refractivity contribution in [2.45, 2.75) is 19.4 Å². The molecule has 1 aliphatic heterocycles. The van der Waals surface area contributed by atoms with Gasteiger partial charge in [-0.2, -0.15) is 0 Å². The number of para-hydroxylation sites is 1. The third-order valence-corrected chi connectivity index (χ3v) is 5.21. The van der Waals surface area contributed by atoms with Gasteiger partial charge in [0.05, 0.1) is 7.11 Å². The number of benzene rings is 2. The molecule has 0 saturated carbocycles. The summed E-state index contributed by atoms with van der Waals surface area (Å²) in [6.45, 7) is 2.18. The Hall–Kier alpha value is -3.41. The van der Waals surface area contributed by atoms with Gasteiger partial charge >= 0.3 is 0 Å². The van der Waals surface area contributed by atoms with Gasteiger partial charge in [-0.3, -0.25) is 4.79 Å². The van der Waals surface area contributed by atoms with Crippen LogP contribution in [0.2, 0.25) is 0 Å². The van der Waals surface area contributed by atoms with E-state index < -0.39 is 0 Å². The summed E-state index contributed by atoms with van der Waals surface area (Å²) in [5.74, 6) is 1.42. The van der Waals surface area contributed by atoms with Crippen molar-refractivity contribution in [1.29, 1.82) is 0 Å². The minimum atomic E-state index is -0.194. The summed E-state index contributed by atoms with van der Waals surface area (Å²) in [5.41, 5.74) is 4.13. The van der Waals surface area contributed by atoms with E-state index in [-0.39, 0.29) is 5.91 Å². The molecule has 1 aliphatic rings. The number of amides is 1. The van der Waals surface area contributed by atoms with E-state index in [4.69, 9.17) is 4.74 Å². The molecule has 0 unspecified atom stereocenters. The molecule has 1 N–H and O–H groups in total. The van der Waals surface area contributed by atoms with Crippen LogP contribution in [0.1, 0.15) is 27.2 Å². The highest BCUT2D eigenvalue weighted by atomic mass is 16.5. The Labute approximate surface area is 170 Å². The number of ether oxygens (including phenoxy) is 1. The number of aromatic nitrogens is 2. The number of methoxy groups -OCH3 is 1. The number of fused-ring (bicyclic) bond motifs is 1. The molecule has 1 aromatic heterocycles. The predicted octanol–water partition coefficient (Wildman–Crippen LogP) is 3.02. The van der Waals surface area contributed by atoms with Crippen molar-refractivity contribution in [3.63, 3.8) is 0 Å². The first kappa shape index (κ1) is 18.9. The number of anilines is 1. The molecule has 0 aliphatic carbocycles. The van der Waals surface area contributed by atoms with E-state index in [1.807, 2.05) is 24.3 Å². The van der Waals surface area contributed by atoms with Crippen LogP contribution in [0, 0.1) is 0 Å². The van der Waals surface area contributed by atoms with E-state index in [1.54, 1.807) is 13.2 Å². The van der Waals surface area contributed by atoms with Crippen molar-refractivity contribution in [2.75, 3.05) is 25.1 Å². The molecule has 2 heterocycles. The van der Waals surface area contributed by atoms with Gasteiger partial charge in [0.25, 0.3) is 5.91 Å². The highest BCUT2D eigenvalue weighted by Gasteiger charge is 2.18. The molecule has 0 saturated heterocycles. The van der Waals surface area contributed by atoms with Crippen LogP contribution >= 0.6 is 0 Å². The lowest BCUT2D eigenvalue weighted by Gasteiger charge is -2.29. The minimum absolute atomic E-state index is 0.194. The second kappa shape index (κ2) is 8.73. The van der Waals surface area contributed by atoms with E-state index in [0.717, 1.165) is 36.6 Å². The highest BCUT2D eigenvalue weighted by Crippen LogP contribution is 2.23. The van der Waals surface area contributed by atoms with Crippen LogP contribution in [0.4, 0.5) is 5.82 Å². The molecule has 6 heteroatoms. The quantitative estimate of drug-likeness (QED) is 0.703. The van der Waals surface area contributed by atoms with Gasteiger partial charge in [0.2, 0.25) is 0 Å². The van der Waals surface area contributed by atoms with Gasteiger partial charge in [-0.05, 0) is 35.6 Å². The van der Waals surface area contributed by atoms with Crippen molar-refractivity contribution in [2.24, 2.45) is 0 Å². The van der Waals surface area contributed by atoms with Crippen LogP contribution in [-0.2, 0) is 19.4 Å². The van der Waals surface area contributed by atoms with Crippen LogP contribution in [0.15, 0.2) is 60.9 Å². The van der Waals surface area contributed by atoms with Crippen molar-refractivity contribution in [1.82, 2.24) is 15.3 Å². The molecule has 0 fully saturated rings. The summed E-state index contributed by atoms with van der Waals surface area (Å²) in [4.78, 5) is 23.3. The number of nitrogens with one attached hydrogen (secondary N) is 1. The highest BCUT2D eigenvalue weighted by molar-refractivity contribution is 5.92. The van der Waals surface area contributed by atoms with Crippen LogP contribution in [-0.4, -0.2) is 36.1 Å². The fourth-order valence-corrected chi connectivity index (χ4v) is 3.65. The van der Waals surface area contributed by atoms with Gasteiger partial charge in [0.1, 0.15) is 23.6 Å². The zero-order valence-corrected chi connectivity index (χ0v) is 16.5. The molecule has 4 rings (SSSR count). The molecule has 2 aromatic carbocycles. The average molecular weight is 388 g/mol. The Kier molecular flexibility index (Phi) is 5.70. The van der Waals surface area contributed by atoms with E-state index in [1.165, 1.54) is 17.5 Å². The normalized spacial score (nSPS) is 12.9. The maximum Gasteiger partial charge on any atom is 0.270 e. The monoisotopic (exact) mass is 388 g/mol. The lowest BCUT2D eigenvalue weighted by atomic mass is 10.00. The van der Waals surface area contributed by atoms with Crippen molar-refractivity contribution < 1.29 is 9.53 Å². The standard InChI is InChI=1S/C23H24N4O2/c1-29-21-9-5-4-7-18(21)10-12-24-23(28)20-14-22(26-16-25-20)27-13-11-17-6-2-3-8-19(17)15-27/h2-9,14,16H,10-13,15H2,1H3,(H,24,28). The lowest BCUT2D eigenvalue weighted by Crippen LogP contribution is -2.32. The van der Waals surface area contributed by atoms with Crippen molar-refractivity contribution >= 4 is 11.7 Å². The first-order chi connectivity index (χ1) is 14.2. The fraction of sp³-hybridized carbons (Fsp3) is 0.261. The van der Waals surface area contributed by atoms with Gasteiger partial charge in [-0.1, -0.05) is 42.5 Å². The smallest absolute Gasteiger partial charge is 0.270 e. The van der Waals surface area contributed by atoms with Gasteiger partial charge in [-0.25, -0.2) is 9.97 Å². The first-order valence-corrected chi connectivity index (χ1v) is 9.78. The van der Waals surface area contributed by atoms with E-state index in [0.29, 0.717) is 18.7 Å². The third-order valence-electron chi connectivity index (χ3n) is 5.21. The maximum absolute atomic E-state index is 12.6. The largest absolute Gasteiger partial charge is 0.496 e. The maximum atomic E-state index is 12.6. The molecular formula is C23H24N4O2. The summed E-state index contributed by atoms with van der Waals surface area (Å²) in [5, 5.41) is 2.94. The fourth-order valence-electron chi connectivity index (χ4n) is 3.65. The Morgan fingerprint density at radius 2 is 1.90 bits per heavy atom. The van der Waals surface area contributed by atoms with Crippen LogP contribution in [0.25, 0.3) is 0 Å². The van der Waals surface area contributed by atoms with Crippen LogP contribution < -0.4 is 15.0 Å². The molecule has 0 spiro atoms. The number of carbonyl (C=O) groups excluding carboxylic acids is 1. The number of nitrogens with zero attached hydrogens (tertiary/aromatic N) is 3. The van der Waals surface area contributed by atoms with E-state index in [2.05, 4.69) is 44.5 Å². The molecular weight excluding hydrogens is 364 g/mol. The summed E-state index contributed by atoms with van der Waals surface area (Å²) in [6.07, 6.45) is 3.13. The number of rotatable bonds is 6. The van der Waals surface area contributed by atoms with Crippen molar-refractivity contribution in [3.8, 4) is 5.75 Å². The van der Waals surface area contributed by atoms with Crippen LogP contribution in [0.5, 0.6) is 5.75 Å². The zero-order chi connectivity index (χ0) is 20.1. The predicted molar refractivity (Wildman–Crippen MR) is 112 cm³/mol. The topological polar surface area (TPSA) is 67.3 Å². The number of hydrogen-bond acceptors (Lipinski definition) is 5. The summed E-state index contributed by atoms with van der Waals surface area (Å²) in [6, 6.07) is 18.0. The Bertz CT molecular complexity index is 1010. The third kappa shape index (κ3) is 4.37. The minimum Gasteiger partial charge on any atom is -0.496 e. The first-order valence-electron chi connectivity index (χ1n) is 9.78. The Morgan fingerprint density at radius 1 is 1.10 bits per heavy atom. The van der Waals surface area contributed by atoms with Gasteiger partial charge in [0, 0.05) is 25.7 Å². The second-order valence-electron chi connectivity index (χ2n) is 7.02. The Balaban J connectivity index is 1.39. The molecule has 148 valence electrons. The summed E-state index contributed by atoms with van der Waals surface area (Å²) in [7, 11) is 1.65. The summed E-state index contributed by atoms with van der Waals surface area (Å²) >= 11 is 0. The van der Waals surface area contributed by atoms with E-state index in [9.17, 15) is 4.79 Å². The summed E-state index contributed by atoms with van der Waals surface area (Å²) < 4.78 is 5.36.